The van der Waals surface area contributed by atoms with Crippen molar-refractivity contribution < 1.29 is 4.79 Å². The Kier molecular flexibility index (Phi) is 6.73. The highest BCUT2D eigenvalue weighted by Gasteiger charge is 2.17. The number of para-hydroxylation sites is 1. The summed E-state index contributed by atoms with van der Waals surface area (Å²) in [5, 5.41) is 16.2. The number of aryl methyl sites for hydroxylation is 1. The Morgan fingerprint density at radius 2 is 1.90 bits per heavy atom. The van der Waals surface area contributed by atoms with E-state index in [1.807, 2.05) is 53.1 Å². The van der Waals surface area contributed by atoms with Crippen molar-refractivity contribution in [2.75, 3.05) is 5.75 Å². The van der Waals surface area contributed by atoms with Gasteiger partial charge in [0.05, 0.1) is 24.0 Å². The van der Waals surface area contributed by atoms with Gasteiger partial charge in [-0.25, -0.2) is 4.98 Å². The predicted octanol–water partition coefficient (Wildman–Crippen LogP) is 3.07. The van der Waals surface area contributed by atoms with Crippen LogP contribution in [0.2, 0.25) is 0 Å². The van der Waals surface area contributed by atoms with Crippen molar-refractivity contribution >= 4 is 17.7 Å². The van der Waals surface area contributed by atoms with Gasteiger partial charge in [-0.15, -0.1) is 10.2 Å². The summed E-state index contributed by atoms with van der Waals surface area (Å²) >= 11 is 1.36. The Morgan fingerprint density at radius 1 is 1.10 bits per heavy atom. The maximum absolute atomic E-state index is 12.8. The zero-order valence-electron chi connectivity index (χ0n) is 17.1. The van der Waals surface area contributed by atoms with Crippen LogP contribution < -0.4 is 5.32 Å². The van der Waals surface area contributed by atoms with E-state index in [0.717, 1.165) is 17.7 Å². The van der Waals surface area contributed by atoms with Crippen LogP contribution in [0, 0.1) is 0 Å². The summed E-state index contributed by atoms with van der Waals surface area (Å²) in [6, 6.07) is 17.8. The van der Waals surface area contributed by atoms with Crippen LogP contribution in [-0.4, -0.2) is 41.2 Å². The van der Waals surface area contributed by atoms with Crippen LogP contribution in [0.25, 0.3) is 5.69 Å². The van der Waals surface area contributed by atoms with Gasteiger partial charge in [-0.1, -0.05) is 67.2 Å². The summed E-state index contributed by atoms with van der Waals surface area (Å²) in [5.74, 6) is 0.144. The zero-order valence-corrected chi connectivity index (χ0v) is 17.9. The lowest BCUT2D eigenvalue weighted by Gasteiger charge is -2.19. The molecule has 158 valence electrons. The first-order valence-electron chi connectivity index (χ1n) is 10.0. The highest BCUT2D eigenvalue weighted by molar-refractivity contribution is 7.99. The topological polar surface area (TPSA) is 90.5 Å². The van der Waals surface area contributed by atoms with Gasteiger partial charge in [-0.3, -0.25) is 14.0 Å². The minimum Gasteiger partial charge on any atom is -0.347 e. The number of benzene rings is 2. The lowest BCUT2D eigenvalue weighted by Crippen LogP contribution is -2.32. The van der Waals surface area contributed by atoms with Crippen LogP contribution in [0.1, 0.15) is 24.1 Å². The Balaban J connectivity index is 1.44. The van der Waals surface area contributed by atoms with Gasteiger partial charge in [-0.05, 0) is 23.6 Å². The number of nitrogens with zero attached hydrogens (tertiary/aromatic N) is 6. The molecule has 0 aliphatic heterocycles. The SMILES string of the molecule is CCc1ccccc1-n1cnnc1SCC(=O)NC(Cn1cncn1)c1ccccc1. The van der Waals surface area contributed by atoms with Crippen molar-refractivity contribution in [3.8, 4) is 5.69 Å². The molecule has 0 fully saturated rings. The third-order valence-corrected chi connectivity index (χ3v) is 5.80. The fourth-order valence-electron chi connectivity index (χ4n) is 3.33. The highest BCUT2D eigenvalue weighted by atomic mass is 32.2. The van der Waals surface area contributed by atoms with Crippen molar-refractivity contribution in [1.82, 2.24) is 34.8 Å². The number of carbonyl (C=O) groups excluding carboxylic acids is 1. The first kappa shape index (κ1) is 20.8. The number of rotatable bonds is 9. The number of hydrogen-bond acceptors (Lipinski definition) is 6. The van der Waals surface area contributed by atoms with Crippen LogP contribution in [-0.2, 0) is 17.8 Å². The van der Waals surface area contributed by atoms with Crippen molar-refractivity contribution in [2.24, 2.45) is 0 Å². The van der Waals surface area contributed by atoms with E-state index in [0.29, 0.717) is 11.7 Å². The number of amides is 1. The second kappa shape index (κ2) is 10.0. The molecule has 1 unspecified atom stereocenters. The van der Waals surface area contributed by atoms with E-state index in [1.165, 1.54) is 23.7 Å². The molecule has 1 N–H and O–H groups in total. The molecule has 4 aromatic rings. The molecule has 1 amide bonds. The molecule has 1 atom stereocenters. The molecule has 0 aliphatic carbocycles. The van der Waals surface area contributed by atoms with E-state index in [2.05, 4.69) is 38.6 Å². The largest absolute Gasteiger partial charge is 0.347 e. The lowest BCUT2D eigenvalue weighted by atomic mass is 10.1. The molecule has 0 radical (unpaired) electrons. The van der Waals surface area contributed by atoms with E-state index >= 15 is 0 Å². The van der Waals surface area contributed by atoms with E-state index < -0.39 is 0 Å². The molecule has 31 heavy (non-hydrogen) atoms. The normalized spacial score (nSPS) is 11.9. The summed E-state index contributed by atoms with van der Waals surface area (Å²) in [6.45, 7) is 2.61. The molecule has 0 spiro atoms. The predicted molar refractivity (Wildman–Crippen MR) is 119 cm³/mol. The third kappa shape index (κ3) is 5.18. The average Bonchev–Trinajstić information content (AvgIpc) is 3.50. The number of aromatic nitrogens is 6. The van der Waals surface area contributed by atoms with Gasteiger partial charge in [0.1, 0.15) is 19.0 Å². The van der Waals surface area contributed by atoms with Crippen LogP contribution in [0.3, 0.4) is 0 Å². The van der Waals surface area contributed by atoms with Crippen LogP contribution in [0.5, 0.6) is 0 Å². The number of carbonyl (C=O) groups is 1. The van der Waals surface area contributed by atoms with Gasteiger partial charge in [0, 0.05) is 0 Å². The summed E-state index contributed by atoms with van der Waals surface area (Å²) in [6.07, 6.45) is 5.72. The second-order valence-corrected chi connectivity index (χ2v) is 7.85. The van der Waals surface area contributed by atoms with Crippen molar-refractivity contribution in [1.29, 1.82) is 0 Å². The van der Waals surface area contributed by atoms with Crippen LogP contribution in [0.4, 0.5) is 0 Å². The monoisotopic (exact) mass is 433 g/mol. The van der Waals surface area contributed by atoms with Crippen molar-refractivity contribution in [2.45, 2.75) is 31.1 Å². The van der Waals surface area contributed by atoms with Crippen LogP contribution in [0.15, 0.2) is 78.7 Å². The molecule has 0 saturated carbocycles. The molecule has 0 aliphatic rings. The second-order valence-electron chi connectivity index (χ2n) is 6.90. The smallest absolute Gasteiger partial charge is 0.231 e. The minimum atomic E-state index is -0.213. The molecule has 2 aromatic carbocycles. The summed E-state index contributed by atoms with van der Waals surface area (Å²) in [7, 11) is 0. The van der Waals surface area contributed by atoms with Gasteiger partial charge >= 0.3 is 0 Å². The summed E-state index contributed by atoms with van der Waals surface area (Å²) in [5.41, 5.74) is 3.24. The molecule has 4 rings (SSSR count). The van der Waals surface area contributed by atoms with Gasteiger partial charge in [0.15, 0.2) is 5.16 Å². The standard InChI is InChI=1S/C22H23N7OS/c1-2-17-8-6-7-11-20(17)29-16-24-27-22(29)31-13-21(30)26-19(12-28-15-23-14-25-28)18-9-4-3-5-10-18/h3-11,14-16,19H,2,12-13H2,1H3,(H,26,30). The van der Waals surface area contributed by atoms with Gasteiger partial charge < -0.3 is 5.32 Å². The summed E-state index contributed by atoms with van der Waals surface area (Å²) < 4.78 is 3.64. The van der Waals surface area contributed by atoms with Crippen molar-refractivity contribution in [3.63, 3.8) is 0 Å². The van der Waals surface area contributed by atoms with Crippen LogP contribution >= 0.6 is 11.8 Å². The average molecular weight is 434 g/mol. The van der Waals surface area contributed by atoms with E-state index in [4.69, 9.17) is 0 Å². The maximum Gasteiger partial charge on any atom is 0.231 e. The Morgan fingerprint density at radius 3 is 2.68 bits per heavy atom. The maximum atomic E-state index is 12.8. The van der Waals surface area contributed by atoms with Gasteiger partial charge in [0.25, 0.3) is 0 Å². The highest BCUT2D eigenvalue weighted by Crippen LogP contribution is 2.23. The number of nitrogens with one attached hydrogen (secondary N) is 1. The zero-order chi connectivity index (χ0) is 21.5. The molecule has 2 heterocycles. The fraction of sp³-hybridized carbons (Fsp3) is 0.227. The van der Waals surface area contributed by atoms with Gasteiger partial charge in [0.2, 0.25) is 5.91 Å². The first-order chi connectivity index (χ1) is 15.2. The number of thioether (sulfide) groups is 1. The number of hydrogen-bond donors (Lipinski definition) is 1. The minimum absolute atomic E-state index is 0.0858. The van der Waals surface area contributed by atoms with E-state index in [9.17, 15) is 4.79 Å². The molecule has 8 nitrogen and oxygen atoms in total. The van der Waals surface area contributed by atoms with E-state index in [-0.39, 0.29) is 17.7 Å². The Hall–Kier alpha value is -3.46. The molecular formula is C22H23N7OS. The lowest BCUT2D eigenvalue weighted by molar-refractivity contribution is -0.119. The first-order valence-corrected chi connectivity index (χ1v) is 11.0. The fourth-order valence-corrected chi connectivity index (χ4v) is 4.07. The quantitative estimate of drug-likeness (QED) is 0.408. The third-order valence-electron chi connectivity index (χ3n) is 4.85. The van der Waals surface area contributed by atoms with Crippen molar-refractivity contribution in [3.05, 3.63) is 84.7 Å². The van der Waals surface area contributed by atoms with Gasteiger partial charge in [-0.2, -0.15) is 5.10 Å². The molecular weight excluding hydrogens is 410 g/mol. The molecule has 0 bridgehead atoms. The molecule has 2 aromatic heterocycles. The van der Waals surface area contributed by atoms with E-state index in [1.54, 1.807) is 17.3 Å². The Labute approximate surface area is 184 Å². The summed E-state index contributed by atoms with van der Waals surface area (Å²) in [4.78, 5) is 16.8. The molecule has 9 heteroatoms. The Bertz CT molecular complexity index is 1110. The molecule has 0 saturated heterocycles.